The van der Waals surface area contributed by atoms with Crippen molar-refractivity contribution in [2.75, 3.05) is 0 Å². The van der Waals surface area contributed by atoms with E-state index in [1.165, 1.54) is 22.1 Å². The van der Waals surface area contributed by atoms with E-state index in [0.29, 0.717) is 0 Å². The molecule has 0 aliphatic rings. The summed E-state index contributed by atoms with van der Waals surface area (Å²) in [6, 6.07) is 47.1. The zero-order valence-electron chi connectivity index (χ0n) is 20.8. The minimum Gasteiger partial charge on any atom is -0.264 e. The molecule has 0 aliphatic heterocycles. The van der Waals surface area contributed by atoms with Gasteiger partial charge in [-0.2, -0.15) is 0 Å². The maximum atomic E-state index is 5.25. The minimum absolute atomic E-state index is 0.974. The van der Waals surface area contributed by atoms with Gasteiger partial charge in [0.25, 0.3) is 0 Å². The molecule has 0 saturated heterocycles. The van der Waals surface area contributed by atoms with Gasteiger partial charge in [0.05, 0.1) is 11.2 Å². The van der Waals surface area contributed by atoms with Gasteiger partial charge in [-0.25, -0.2) is 4.98 Å². The van der Waals surface area contributed by atoms with Gasteiger partial charge in [-0.05, 0) is 57.0 Å². The number of rotatable bonds is 4. The molecule has 0 N–H and O–H groups in total. The summed E-state index contributed by atoms with van der Waals surface area (Å²) >= 11 is 0. The predicted octanol–water partition coefficient (Wildman–Crippen LogP) is 9.45. The second kappa shape index (κ2) is 9.42. The molecule has 2 aromatic heterocycles. The van der Waals surface area contributed by atoms with Crippen molar-refractivity contribution in [3.8, 4) is 44.6 Å². The Kier molecular flexibility index (Phi) is 5.49. The highest BCUT2D eigenvalue weighted by atomic mass is 14.7. The first kappa shape index (κ1) is 22.1. The Morgan fingerprint density at radius 2 is 0.974 bits per heavy atom. The Balaban J connectivity index is 1.53. The summed E-state index contributed by atoms with van der Waals surface area (Å²) < 4.78 is 0. The van der Waals surface area contributed by atoms with E-state index in [-0.39, 0.29) is 0 Å². The third-order valence-electron chi connectivity index (χ3n) is 7.16. The molecule has 2 heteroatoms. The molecule has 7 aromatic rings. The number of nitrogens with zero attached hydrogens (tertiary/aromatic N) is 2. The molecule has 178 valence electrons. The predicted molar refractivity (Wildman–Crippen MR) is 159 cm³/mol. The van der Waals surface area contributed by atoms with Gasteiger partial charge in [0.1, 0.15) is 0 Å². The lowest BCUT2D eigenvalue weighted by molar-refractivity contribution is 1.33. The summed E-state index contributed by atoms with van der Waals surface area (Å²) in [5.74, 6) is 0. The molecule has 0 unspecified atom stereocenters. The lowest BCUT2D eigenvalue weighted by Crippen LogP contribution is -1.93. The maximum Gasteiger partial charge on any atom is 0.0794 e. The second-order valence-corrected chi connectivity index (χ2v) is 9.47. The van der Waals surface area contributed by atoms with Gasteiger partial charge in [0, 0.05) is 28.7 Å². The van der Waals surface area contributed by atoms with Crippen LogP contribution in [0.25, 0.3) is 66.3 Å². The summed E-state index contributed by atoms with van der Waals surface area (Å²) in [6.45, 7) is 0. The minimum atomic E-state index is 0.974. The third kappa shape index (κ3) is 3.93. The molecule has 38 heavy (non-hydrogen) atoms. The van der Waals surface area contributed by atoms with Crippen LogP contribution < -0.4 is 0 Å². The Labute approximate surface area is 221 Å². The van der Waals surface area contributed by atoms with E-state index >= 15 is 0 Å². The summed E-state index contributed by atoms with van der Waals surface area (Å²) in [6.07, 6.45) is 3.71. The van der Waals surface area contributed by atoms with Crippen LogP contribution in [0.5, 0.6) is 0 Å². The number of hydrogen-bond acceptors (Lipinski definition) is 2. The van der Waals surface area contributed by atoms with Crippen molar-refractivity contribution >= 4 is 21.7 Å². The number of hydrogen-bond donors (Lipinski definition) is 0. The first-order chi connectivity index (χ1) is 18.8. The van der Waals surface area contributed by atoms with E-state index in [0.717, 1.165) is 44.2 Å². The maximum absolute atomic E-state index is 5.25. The van der Waals surface area contributed by atoms with Crippen LogP contribution in [-0.4, -0.2) is 9.97 Å². The molecule has 0 amide bonds. The molecular formula is C36H24N2. The van der Waals surface area contributed by atoms with Crippen molar-refractivity contribution in [1.82, 2.24) is 9.97 Å². The Morgan fingerprint density at radius 3 is 1.68 bits per heavy atom. The van der Waals surface area contributed by atoms with Crippen LogP contribution in [0.1, 0.15) is 0 Å². The van der Waals surface area contributed by atoms with Crippen LogP contribution in [-0.2, 0) is 0 Å². The quantitative estimate of drug-likeness (QED) is 0.233. The van der Waals surface area contributed by atoms with E-state index in [1.807, 2.05) is 18.3 Å². The molecule has 0 fully saturated rings. The summed E-state index contributed by atoms with van der Waals surface area (Å²) in [7, 11) is 0. The fourth-order valence-corrected chi connectivity index (χ4v) is 5.28. The molecular weight excluding hydrogens is 460 g/mol. The Hall–Kier alpha value is -5.08. The van der Waals surface area contributed by atoms with Crippen LogP contribution in [0, 0.1) is 0 Å². The van der Waals surface area contributed by atoms with Crippen molar-refractivity contribution in [3.63, 3.8) is 0 Å². The molecule has 0 aliphatic carbocycles. The highest BCUT2D eigenvalue weighted by Crippen LogP contribution is 2.40. The van der Waals surface area contributed by atoms with Crippen LogP contribution >= 0.6 is 0 Å². The smallest absolute Gasteiger partial charge is 0.0794 e. The van der Waals surface area contributed by atoms with Crippen molar-refractivity contribution in [2.45, 2.75) is 0 Å². The normalized spacial score (nSPS) is 11.2. The van der Waals surface area contributed by atoms with E-state index < -0.39 is 0 Å². The SMILES string of the molecule is c1ccc(-c2cc(-c3ccc(-c4cccnc4)cc3)c3cc(-c4ccccc4)c4ccccc4c3n2)cc1. The molecule has 0 spiro atoms. The number of fused-ring (bicyclic) bond motifs is 3. The molecule has 5 aromatic carbocycles. The summed E-state index contributed by atoms with van der Waals surface area (Å²) in [5.41, 5.74) is 10.1. The van der Waals surface area contributed by atoms with Crippen LogP contribution in [0.3, 0.4) is 0 Å². The van der Waals surface area contributed by atoms with Gasteiger partial charge in [-0.15, -0.1) is 0 Å². The largest absolute Gasteiger partial charge is 0.264 e. The van der Waals surface area contributed by atoms with E-state index in [4.69, 9.17) is 4.98 Å². The van der Waals surface area contributed by atoms with E-state index in [1.54, 1.807) is 6.20 Å². The standard InChI is InChI=1S/C36H24N2/c1-3-10-26(11-4-1)32-22-34-33(27-19-17-25(18-20-27)29-14-9-21-37-24-29)23-35(28-12-5-2-6-13-28)38-36(34)31-16-8-7-15-30(31)32/h1-24H. The molecule has 2 heterocycles. The average molecular weight is 485 g/mol. The summed E-state index contributed by atoms with van der Waals surface area (Å²) in [5, 5.41) is 3.52. The van der Waals surface area contributed by atoms with Crippen LogP contribution in [0.2, 0.25) is 0 Å². The fraction of sp³-hybridized carbons (Fsp3) is 0. The zero-order valence-corrected chi connectivity index (χ0v) is 20.8. The van der Waals surface area contributed by atoms with Crippen LogP contribution in [0.4, 0.5) is 0 Å². The number of aromatic nitrogens is 2. The van der Waals surface area contributed by atoms with Crippen molar-refractivity contribution < 1.29 is 0 Å². The summed E-state index contributed by atoms with van der Waals surface area (Å²) in [4.78, 5) is 9.54. The lowest BCUT2D eigenvalue weighted by Gasteiger charge is -2.16. The highest BCUT2D eigenvalue weighted by molar-refractivity contribution is 6.16. The van der Waals surface area contributed by atoms with E-state index in [2.05, 4.69) is 126 Å². The molecule has 0 saturated carbocycles. The van der Waals surface area contributed by atoms with Gasteiger partial charge in [0.2, 0.25) is 0 Å². The van der Waals surface area contributed by atoms with Gasteiger partial charge in [-0.3, -0.25) is 4.98 Å². The molecule has 0 radical (unpaired) electrons. The fourth-order valence-electron chi connectivity index (χ4n) is 5.28. The number of pyridine rings is 2. The monoisotopic (exact) mass is 484 g/mol. The zero-order chi connectivity index (χ0) is 25.3. The van der Waals surface area contributed by atoms with Gasteiger partial charge in [-0.1, -0.05) is 115 Å². The Bertz CT molecular complexity index is 1880. The lowest BCUT2D eigenvalue weighted by atomic mass is 9.90. The first-order valence-electron chi connectivity index (χ1n) is 12.8. The van der Waals surface area contributed by atoms with Crippen molar-refractivity contribution in [1.29, 1.82) is 0 Å². The molecule has 0 atom stereocenters. The third-order valence-corrected chi connectivity index (χ3v) is 7.16. The van der Waals surface area contributed by atoms with Gasteiger partial charge >= 0.3 is 0 Å². The van der Waals surface area contributed by atoms with Crippen molar-refractivity contribution in [3.05, 3.63) is 146 Å². The Morgan fingerprint density at radius 1 is 0.395 bits per heavy atom. The topological polar surface area (TPSA) is 25.8 Å². The molecule has 7 rings (SSSR count). The van der Waals surface area contributed by atoms with Gasteiger partial charge < -0.3 is 0 Å². The number of benzene rings is 5. The second-order valence-electron chi connectivity index (χ2n) is 9.47. The van der Waals surface area contributed by atoms with Crippen LogP contribution in [0.15, 0.2) is 146 Å². The van der Waals surface area contributed by atoms with Crippen molar-refractivity contribution in [2.24, 2.45) is 0 Å². The first-order valence-corrected chi connectivity index (χ1v) is 12.8. The average Bonchev–Trinajstić information content (AvgIpc) is 3.01. The van der Waals surface area contributed by atoms with Gasteiger partial charge in [0.15, 0.2) is 0 Å². The highest BCUT2D eigenvalue weighted by Gasteiger charge is 2.16. The van der Waals surface area contributed by atoms with E-state index in [9.17, 15) is 0 Å². The molecule has 2 nitrogen and oxygen atoms in total. The molecule has 0 bridgehead atoms.